The van der Waals surface area contributed by atoms with Gasteiger partial charge in [0.1, 0.15) is 0 Å². The van der Waals surface area contributed by atoms with E-state index in [4.69, 9.17) is 9.84 Å². The molecule has 1 aliphatic rings. The molecule has 2 atom stereocenters. The maximum absolute atomic E-state index is 11.8. The predicted molar refractivity (Wildman–Crippen MR) is 81.1 cm³/mol. The van der Waals surface area contributed by atoms with Gasteiger partial charge in [0.25, 0.3) is 0 Å². The average Bonchev–Trinajstić information content (AvgIpc) is 2.51. The maximum atomic E-state index is 11.8. The van der Waals surface area contributed by atoms with E-state index in [0.717, 1.165) is 6.08 Å². The van der Waals surface area contributed by atoms with Crippen molar-refractivity contribution in [2.24, 2.45) is 5.92 Å². The summed E-state index contributed by atoms with van der Waals surface area (Å²) in [5, 5.41) is 47.2. The molecule has 0 radical (unpaired) electrons. The molecular weight excluding hydrogens is 320 g/mol. The molecule has 1 aliphatic carbocycles. The Bertz CT molecular complexity index is 641. The summed E-state index contributed by atoms with van der Waals surface area (Å²) in [5.41, 5.74) is 0.429. The van der Waals surface area contributed by atoms with Gasteiger partial charge in [-0.25, -0.2) is 4.79 Å². The number of aliphatic hydroxyl groups excluding tert-OH is 2. The highest BCUT2D eigenvalue weighted by atomic mass is 16.6. The Hall–Kier alpha value is -2.58. The molecule has 0 unspecified atom stereocenters. The van der Waals surface area contributed by atoms with Crippen LogP contribution in [0.2, 0.25) is 0 Å². The number of ether oxygens (including phenoxy) is 1. The van der Waals surface area contributed by atoms with Crippen molar-refractivity contribution in [2.45, 2.75) is 31.2 Å². The van der Waals surface area contributed by atoms with Crippen LogP contribution in [0.5, 0.6) is 11.5 Å². The molecule has 0 heterocycles. The Morgan fingerprint density at radius 3 is 2.25 bits per heavy atom. The molecule has 0 amide bonds. The minimum Gasteiger partial charge on any atom is -0.504 e. The van der Waals surface area contributed by atoms with E-state index in [2.05, 4.69) is 0 Å². The van der Waals surface area contributed by atoms with E-state index in [1.807, 2.05) is 0 Å². The summed E-state index contributed by atoms with van der Waals surface area (Å²) in [6.45, 7) is 0. The first kappa shape index (κ1) is 17.8. The van der Waals surface area contributed by atoms with E-state index in [1.165, 1.54) is 24.3 Å². The number of phenolic OH excluding ortho intramolecular Hbond substituents is 2. The number of carbonyl (C=O) groups is 2. The van der Waals surface area contributed by atoms with Crippen LogP contribution in [0.15, 0.2) is 24.3 Å². The number of hydrogen-bond acceptors (Lipinski definition) is 7. The van der Waals surface area contributed by atoms with Gasteiger partial charge in [-0.1, -0.05) is 6.07 Å². The first-order valence-electron chi connectivity index (χ1n) is 7.27. The third-order valence-electron chi connectivity index (χ3n) is 3.82. The number of carbonyl (C=O) groups excluding carboxylic acids is 1. The summed E-state index contributed by atoms with van der Waals surface area (Å²) in [7, 11) is 0. The zero-order valence-corrected chi connectivity index (χ0v) is 12.6. The lowest BCUT2D eigenvalue weighted by molar-refractivity contribution is -0.171. The van der Waals surface area contributed by atoms with Gasteiger partial charge in [0.05, 0.1) is 18.1 Å². The van der Waals surface area contributed by atoms with Gasteiger partial charge in [0, 0.05) is 6.08 Å². The highest BCUT2D eigenvalue weighted by Crippen LogP contribution is 2.28. The second kappa shape index (κ2) is 7.33. The van der Waals surface area contributed by atoms with Crippen LogP contribution >= 0.6 is 0 Å². The number of carboxylic acids is 1. The molecule has 8 nitrogen and oxygen atoms in total. The Morgan fingerprint density at radius 1 is 1.08 bits per heavy atom. The van der Waals surface area contributed by atoms with Crippen molar-refractivity contribution in [1.82, 2.24) is 0 Å². The number of phenols is 2. The minimum absolute atomic E-state index is 0.111. The smallest absolute Gasteiger partial charge is 0.331 e. The molecule has 24 heavy (non-hydrogen) atoms. The molecule has 0 aliphatic heterocycles. The van der Waals surface area contributed by atoms with Gasteiger partial charge < -0.3 is 30.3 Å². The third-order valence-corrected chi connectivity index (χ3v) is 3.82. The van der Waals surface area contributed by atoms with Crippen molar-refractivity contribution in [3.8, 4) is 11.5 Å². The fourth-order valence-corrected chi connectivity index (χ4v) is 2.54. The van der Waals surface area contributed by atoms with Crippen molar-refractivity contribution >= 4 is 18.0 Å². The summed E-state index contributed by atoms with van der Waals surface area (Å²) in [5.74, 6) is -3.48. The number of carboxylic acid groups (broad SMARTS) is 1. The lowest BCUT2D eigenvalue weighted by Crippen LogP contribution is -2.48. The molecule has 1 saturated carbocycles. The summed E-state index contributed by atoms with van der Waals surface area (Å²) < 4.78 is 4.99. The van der Waals surface area contributed by atoms with E-state index in [-0.39, 0.29) is 24.3 Å². The lowest BCUT2D eigenvalue weighted by atomic mass is 9.83. The van der Waals surface area contributed by atoms with E-state index in [1.54, 1.807) is 0 Å². The van der Waals surface area contributed by atoms with Crippen molar-refractivity contribution in [3.05, 3.63) is 29.8 Å². The van der Waals surface area contributed by atoms with Crippen LogP contribution in [0.25, 0.3) is 6.08 Å². The highest BCUT2D eigenvalue weighted by Gasteiger charge is 2.41. The Kier molecular flexibility index (Phi) is 5.42. The minimum atomic E-state index is -1.27. The van der Waals surface area contributed by atoms with Crippen molar-refractivity contribution in [3.63, 3.8) is 0 Å². The van der Waals surface area contributed by atoms with E-state index >= 15 is 0 Å². The number of esters is 1. The molecule has 0 bridgehead atoms. The molecule has 0 aromatic heterocycles. The first-order chi connectivity index (χ1) is 11.3. The van der Waals surface area contributed by atoms with E-state index < -0.39 is 36.2 Å². The van der Waals surface area contributed by atoms with Crippen LogP contribution in [0.4, 0.5) is 0 Å². The van der Waals surface area contributed by atoms with Crippen molar-refractivity contribution in [2.75, 3.05) is 0 Å². The highest BCUT2D eigenvalue weighted by molar-refractivity contribution is 5.87. The zero-order chi connectivity index (χ0) is 17.9. The lowest BCUT2D eigenvalue weighted by Gasteiger charge is -2.34. The molecular formula is C16H18O8. The SMILES string of the molecule is O=C(C=Cc1ccc(O)c(O)c1)OC1[C@@H](O)CC(C(=O)O)C[C@@H]1O. The van der Waals surface area contributed by atoms with Crippen molar-refractivity contribution < 1.29 is 39.9 Å². The Morgan fingerprint density at radius 2 is 1.71 bits per heavy atom. The predicted octanol–water partition coefficient (Wildman–Crippen LogP) is 0.239. The Balaban J connectivity index is 1.97. The van der Waals surface area contributed by atoms with Crippen LogP contribution < -0.4 is 0 Å². The molecule has 2 rings (SSSR count). The summed E-state index contributed by atoms with van der Waals surface area (Å²) in [4.78, 5) is 22.7. The summed E-state index contributed by atoms with van der Waals surface area (Å²) in [6.07, 6.45) is -1.61. The van der Waals surface area contributed by atoms with Gasteiger partial charge in [-0.2, -0.15) is 0 Å². The van der Waals surface area contributed by atoms with Gasteiger partial charge in [0.15, 0.2) is 17.6 Å². The first-order valence-corrected chi connectivity index (χ1v) is 7.27. The fraction of sp³-hybridized carbons (Fsp3) is 0.375. The van der Waals surface area contributed by atoms with Gasteiger partial charge in [-0.05, 0) is 36.6 Å². The number of hydrogen-bond donors (Lipinski definition) is 5. The quantitative estimate of drug-likeness (QED) is 0.298. The standard InChI is InChI=1S/C16H18O8/c17-10-3-1-8(5-11(10)18)2-4-14(21)24-15-12(19)6-9(16(22)23)7-13(15)20/h1-5,9,12-13,15,17-20H,6-7H2,(H,22,23)/t9?,12-,13-,15?/m0/s1. The second-order valence-corrected chi connectivity index (χ2v) is 5.62. The monoisotopic (exact) mass is 338 g/mol. The molecule has 8 heteroatoms. The maximum Gasteiger partial charge on any atom is 0.331 e. The molecule has 1 aromatic carbocycles. The average molecular weight is 338 g/mol. The topological polar surface area (TPSA) is 145 Å². The normalized spacial score (nSPS) is 27.1. The van der Waals surface area contributed by atoms with Gasteiger partial charge in [-0.15, -0.1) is 0 Å². The molecule has 5 N–H and O–H groups in total. The van der Waals surface area contributed by atoms with Crippen LogP contribution in [0.3, 0.4) is 0 Å². The number of benzene rings is 1. The van der Waals surface area contributed by atoms with E-state index in [0.29, 0.717) is 5.56 Å². The number of rotatable bonds is 4. The van der Waals surface area contributed by atoms with Gasteiger partial charge in [-0.3, -0.25) is 4.79 Å². The third kappa shape index (κ3) is 4.24. The number of aliphatic hydroxyl groups is 2. The molecule has 1 aromatic rings. The van der Waals surface area contributed by atoms with Gasteiger partial charge >= 0.3 is 11.9 Å². The van der Waals surface area contributed by atoms with Gasteiger partial charge in [0.2, 0.25) is 0 Å². The molecule has 1 fully saturated rings. The fourth-order valence-electron chi connectivity index (χ4n) is 2.54. The molecule has 0 spiro atoms. The van der Waals surface area contributed by atoms with Crippen molar-refractivity contribution in [1.29, 1.82) is 0 Å². The molecule has 130 valence electrons. The van der Waals surface area contributed by atoms with E-state index in [9.17, 15) is 30.0 Å². The van der Waals surface area contributed by atoms with Crippen LogP contribution in [0.1, 0.15) is 18.4 Å². The zero-order valence-electron chi connectivity index (χ0n) is 12.6. The number of aromatic hydroxyl groups is 2. The van der Waals surface area contributed by atoms with Crippen LogP contribution in [-0.4, -0.2) is 55.8 Å². The Labute approximate surface area is 137 Å². The van der Waals surface area contributed by atoms with Crippen LogP contribution in [0, 0.1) is 5.92 Å². The molecule has 0 saturated heterocycles. The second-order valence-electron chi connectivity index (χ2n) is 5.62. The summed E-state index contributed by atoms with van der Waals surface area (Å²) in [6, 6.07) is 3.95. The van der Waals surface area contributed by atoms with Crippen LogP contribution in [-0.2, 0) is 14.3 Å². The number of aliphatic carboxylic acids is 1. The largest absolute Gasteiger partial charge is 0.504 e. The summed E-state index contributed by atoms with van der Waals surface area (Å²) >= 11 is 0.